The molecule has 0 bridgehead atoms. The molecular formula is C6H7N3O3S. The molecule has 6 nitrogen and oxygen atoms in total. The van der Waals surface area contributed by atoms with Crippen molar-refractivity contribution in [2.75, 3.05) is 13.2 Å². The molecule has 1 fully saturated rings. The first-order valence-electron chi connectivity index (χ1n) is 3.67. The van der Waals surface area contributed by atoms with Gasteiger partial charge in [-0.15, -0.1) is 5.10 Å². The predicted molar refractivity (Wildman–Crippen MR) is 42.9 cm³/mol. The number of carbonyl (C=O) groups is 1. The fourth-order valence-electron chi connectivity index (χ4n) is 0.999. The van der Waals surface area contributed by atoms with Crippen molar-refractivity contribution in [3.05, 3.63) is 11.1 Å². The summed E-state index contributed by atoms with van der Waals surface area (Å²) in [5, 5.41) is 13.8. The average molecular weight is 201 g/mol. The molecule has 0 radical (unpaired) electrons. The second-order valence-electron chi connectivity index (χ2n) is 2.60. The second kappa shape index (κ2) is 3.36. The van der Waals surface area contributed by atoms with Crippen molar-refractivity contribution in [2.24, 2.45) is 0 Å². The molecule has 0 saturated carbocycles. The topological polar surface area (TPSA) is 75.6 Å². The zero-order valence-electron chi connectivity index (χ0n) is 6.58. The van der Waals surface area contributed by atoms with Crippen LogP contribution < -0.4 is 0 Å². The lowest BCUT2D eigenvalue weighted by atomic mass is 10.4. The van der Waals surface area contributed by atoms with E-state index in [1.807, 2.05) is 0 Å². The fraction of sp³-hybridized carbons (Fsp3) is 0.500. The van der Waals surface area contributed by atoms with Crippen LogP contribution >= 0.6 is 11.5 Å². The average Bonchev–Trinajstić information content (AvgIpc) is 2.72. The maximum absolute atomic E-state index is 11.5. The lowest BCUT2D eigenvalue weighted by Crippen LogP contribution is -2.27. The van der Waals surface area contributed by atoms with E-state index in [1.165, 1.54) is 6.20 Å². The quantitative estimate of drug-likeness (QED) is 0.649. The number of hydroxylamine groups is 2. The van der Waals surface area contributed by atoms with Gasteiger partial charge in [-0.1, -0.05) is 4.49 Å². The first-order chi connectivity index (χ1) is 6.27. The maximum atomic E-state index is 11.5. The Kier molecular flexibility index (Phi) is 2.21. The van der Waals surface area contributed by atoms with Gasteiger partial charge in [0.1, 0.15) is 17.6 Å². The first kappa shape index (κ1) is 8.54. The van der Waals surface area contributed by atoms with Crippen LogP contribution in [0.25, 0.3) is 0 Å². The molecule has 2 heterocycles. The van der Waals surface area contributed by atoms with Crippen LogP contribution in [0.4, 0.5) is 0 Å². The van der Waals surface area contributed by atoms with Crippen LogP contribution in [0, 0.1) is 0 Å². The Morgan fingerprint density at radius 2 is 2.69 bits per heavy atom. The lowest BCUT2D eigenvalue weighted by Gasteiger charge is -2.10. The third-order valence-electron chi connectivity index (χ3n) is 1.60. The molecule has 13 heavy (non-hydrogen) atoms. The normalized spacial score (nSPS) is 22.2. The molecule has 1 atom stereocenters. The summed E-state index contributed by atoms with van der Waals surface area (Å²) in [6.45, 7) is 0.370. The van der Waals surface area contributed by atoms with Crippen molar-refractivity contribution < 1.29 is 14.7 Å². The molecule has 7 heteroatoms. The largest absolute Gasteiger partial charge is 0.389 e. The number of carbonyl (C=O) groups excluding carboxylic acids is 1. The molecule has 1 saturated heterocycles. The van der Waals surface area contributed by atoms with E-state index >= 15 is 0 Å². The number of aliphatic hydroxyl groups is 1. The first-order valence-corrected chi connectivity index (χ1v) is 4.45. The third kappa shape index (κ3) is 1.67. The number of aliphatic hydroxyl groups excluding tert-OH is 1. The van der Waals surface area contributed by atoms with Crippen molar-refractivity contribution in [3.8, 4) is 0 Å². The highest BCUT2D eigenvalue weighted by molar-refractivity contribution is 7.07. The Balaban J connectivity index is 2.06. The number of amides is 1. The molecule has 1 aromatic rings. The SMILES string of the molecule is O=C(c1cnns1)N1C[C@H](O)CO1. The van der Waals surface area contributed by atoms with Crippen molar-refractivity contribution in [2.45, 2.75) is 6.10 Å². The van der Waals surface area contributed by atoms with E-state index < -0.39 is 6.10 Å². The zero-order valence-corrected chi connectivity index (χ0v) is 7.40. The molecular weight excluding hydrogens is 194 g/mol. The predicted octanol–water partition coefficient (Wildman–Crippen LogP) is -0.714. The molecule has 70 valence electrons. The zero-order chi connectivity index (χ0) is 9.26. The number of hydrogen-bond donors (Lipinski definition) is 1. The van der Waals surface area contributed by atoms with Crippen LogP contribution in [0.3, 0.4) is 0 Å². The molecule has 1 aliphatic heterocycles. The van der Waals surface area contributed by atoms with Gasteiger partial charge >= 0.3 is 0 Å². The van der Waals surface area contributed by atoms with Crippen molar-refractivity contribution in [1.29, 1.82) is 0 Å². The Morgan fingerprint density at radius 3 is 3.23 bits per heavy atom. The molecule has 1 aromatic heterocycles. The second-order valence-corrected chi connectivity index (χ2v) is 3.38. The van der Waals surface area contributed by atoms with Crippen molar-refractivity contribution >= 4 is 17.4 Å². The standard InChI is InChI=1S/C6H7N3O3S/c10-4-2-9(12-3-4)6(11)5-1-7-8-13-5/h1,4,10H,2-3H2/t4-/m0/s1. The number of rotatable bonds is 1. The van der Waals surface area contributed by atoms with E-state index in [9.17, 15) is 4.79 Å². The van der Waals surface area contributed by atoms with E-state index in [4.69, 9.17) is 9.94 Å². The smallest absolute Gasteiger partial charge is 0.290 e. The highest BCUT2D eigenvalue weighted by Gasteiger charge is 2.27. The Bertz CT molecular complexity index is 302. The Morgan fingerprint density at radius 1 is 1.85 bits per heavy atom. The minimum Gasteiger partial charge on any atom is -0.389 e. The summed E-state index contributed by atoms with van der Waals surface area (Å²) in [4.78, 5) is 16.8. The fourth-order valence-corrected chi connectivity index (χ4v) is 1.46. The van der Waals surface area contributed by atoms with Crippen molar-refractivity contribution in [3.63, 3.8) is 0 Å². The number of nitrogens with zero attached hydrogens (tertiary/aromatic N) is 3. The summed E-state index contributed by atoms with van der Waals surface area (Å²) in [5.74, 6) is -0.299. The number of hydrogen-bond acceptors (Lipinski definition) is 6. The van der Waals surface area contributed by atoms with Gasteiger partial charge in [0.05, 0.1) is 12.7 Å². The van der Waals surface area contributed by atoms with Gasteiger partial charge in [0.15, 0.2) is 0 Å². The summed E-state index contributed by atoms with van der Waals surface area (Å²) in [5.41, 5.74) is 0. The summed E-state index contributed by atoms with van der Waals surface area (Å²) in [6.07, 6.45) is 0.783. The van der Waals surface area contributed by atoms with E-state index in [2.05, 4.69) is 9.59 Å². The molecule has 0 unspecified atom stereocenters. The van der Waals surface area contributed by atoms with Crippen LogP contribution in [0.1, 0.15) is 9.67 Å². The summed E-state index contributed by atoms with van der Waals surface area (Å²) < 4.78 is 3.56. The summed E-state index contributed by atoms with van der Waals surface area (Å²) in [6, 6.07) is 0. The van der Waals surface area contributed by atoms with E-state index in [0.717, 1.165) is 16.6 Å². The minimum absolute atomic E-state index is 0.165. The van der Waals surface area contributed by atoms with Crippen LogP contribution in [-0.4, -0.2) is 44.9 Å². The van der Waals surface area contributed by atoms with Gasteiger partial charge in [0.25, 0.3) is 5.91 Å². The monoisotopic (exact) mass is 201 g/mol. The molecule has 1 N–H and O–H groups in total. The Hall–Kier alpha value is -1.05. The van der Waals surface area contributed by atoms with E-state index in [-0.39, 0.29) is 19.1 Å². The van der Waals surface area contributed by atoms with Gasteiger partial charge in [-0.2, -0.15) is 0 Å². The number of β-amino-alcohol motifs (C(OH)–C–C–N with tert-alkyl or cyclic N) is 1. The highest BCUT2D eigenvalue weighted by Crippen LogP contribution is 2.12. The van der Waals surface area contributed by atoms with Gasteiger partial charge in [-0.05, 0) is 11.5 Å². The van der Waals surface area contributed by atoms with Crippen LogP contribution in [0.2, 0.25) is 0 Å². The van der Waals surface area contributed by atoms with Gasteiger partial charge in [-0.25, -0.2) is 5.06 Å². The van der Waals surface area contributed by atoms with Crippen LogP contribution in [0.5, 0.6) is 0 Å². The van der Waals surface area contributed by atoms with Gasteiger partial charge in [0.2, 0.25) is 0 Å². The maximum Gasteiger partial charge on any atom is 0.290 e. The molecule has 2 rings (SSSR count). The number of aromatic nitrogens is 2. The molecule has 1 amide bonds. The van der Waals surface area contributed by atoms with Crippen LogP contribution in [0.15, 0.2) is 6.20 Å². The molecule has 0 aromatic carbocycles. The highest BCUT2D eigenvalue weighted by atomic mass is 32.1. The van der Waals surface area contributed by atoms with Gasteiger partial charge in [-0.3, -0.25) is 9.63 Å². The summed E-state index contributed by atoms with van der Waals surface area (Å²) in [7, 11) is 0. The minimum atomic E-state index is -0.593. The molecule has 0 aliphatic carbocycles. The molecule has 0 spiro atoms. The van der Waals surface area contributed by atoms with Gasteiger partial charge in [0, 0.05) is 0 Å². The van der Waals surface area contributed by atoms with E-state index in [1.54, 1.807) is 0 Å². The Labute approximate surface area is 77.9 Å². The third-order valence-corrected chi connectivity index (χ3v) is 2.25. The summed E-state index contributed by atoms with van der Waals surface area (Å²) >= 11 is 1.01. The lowest BCUT2D eigenvalue weighted by molar-refractivity contribution is -0.0776. The van der Waals surface area contributed by atoms with Gasteiger partial charge < -0.3 is 5.11 Å². The van der Waals surface area contributed by atoms with Crippen LogP contribution in [-0.2, 0) is 4.84 Å². The molecule has 1 aliphatic rings. The van der Waals surface area contributed by atoms with E-state index in [0.29, 0.717) is 4.88 Å². The van der Waals surface area contributed by atoms with Crippen molar-refractivity contribution in [1.82, 2.24) is 14.7 Å².